The van der Waals surface area contributed by atoms with Crippen LogP contribution in [-0.4, -0.2) is 0 Å². The first-order valence-corrected chi connectivity index (χ1v) is 22.0. The fourth-order valence-corrected chi connectivity index (χ4v) is 10.2. The molecule has 10 aromatic rings. The van der Waals surface area contributed by atoms with Crippen molar-refractivity contribution in [3.63, 3.8) is 0 Å². The maximum atomic E-state index is 2.52. The van der Waals surface area contributed by atoms with Gasteiger partial charge < -0.3 is 4.90 Å². The van der Waals surface area contributed by atoms with Gasteiger partial charge in [-0.3, -0.25) is 0 Å². The number of benzene rings is 10. The van der Waals surface area contributed by atoms with Gasteiger partial charge in [-0.1, -0.05) is 213 Å². The van der Waals surface area contributed by atoms with E-state index in [1.165, 1.54) is 114 Å². The summed E-state index contributed by atoms with van der Waals surface area (Å²) in [5.41, 5.74) is 14.7. The van der Waals surface area contributed by atoms with Crippen molar-refractivity contribution in [3.05, 3.63) is 224 Å². The molecule has 1 heteroatoms. The summed E-state index contributed by atoms with van der Waals surface area (Å²) >= 11 is 0. The Morgan fingerprint density at radius 2 is 0.787 bits per heavy atom. The van der Waals surface area contributed by atoms with Crippen LogP contribution in [0, 0.1) is 0 Å². The van der Waals surface area contributed by atoms with E-state index in [0.717, 1.165) is 17.1 Å². The van der Waals surface area contributed by atoms with Crippen LogP contribution in [0.15, 0.2) is 218 Å². The Balaban J connectivity index is 1.15. The van der Waals surface area contributed by atoms with Gasteiger partial charge in [0, 0.05) is 16.8 Å². The molecule has 0 N–H and O–H groups in total. The normalized spacial score (nSPS) is 13.2. The van der Waals surface area contributed by atoms with Crippen LogP contribution in [0.4, 0.5) is 17.1 Å². The molecular formula is C60H47N. The van der Waals surface area contributed by atoms with E-state index in [4.69, 9.17) is 0 Å². The summed E-state index contributed by atoms with van der Waals surface area (Å²) < 4.78 is 0. The molecule has 11 rings (SSSR count). The zero-order valence-electron chi connectivity index (χ0n) is 34.3. The standard InChI is InChI=1S/C60H47N/c1-3-18-43(19-4-1)51-32-14-24-46-26-16-34-55(59(46)51)53-29-9-11-36-57(53)61(48-40-38-45(39-41-48)50-31-13-23-42-22-7-8-28-49(42)50)58-37-12-10-30-54(58)56-35-17-27-47-25-15-33-52(60(47)56)44-20-5-2-6-21-44/h1,3-4,7-19,22-41,44H,2,5-6,20-21H2. The highest BCUT2D eigenvalue weighted by Gasteiger charge is 2.25. The molecule has 0 spiro atoms. The Hall–Kier alpha value is -7.22. The van der Waals surface area contributed by atoms with Gasteiger partial charge in [-0.05, 0) is 114 Å². The molecule has 1 aliphatic carbocycles. The fourth-order valence-electron chi connectivity index (χ4n) is 10.2. The molecule has 10 aromatic carbocycles. The Kier molecular flexibility index (Phi) is 9.71. The minimum absolute atomic E-state index is 0.578. The van der Waals surface area contributed by atoms with Gasteiger partial charge in [-0.25, -0.2) is 0 Å². The molecule has 0 saturated heterocycles. The van der Waals surface area contributed by atoms with Gasteiger partial charge in [-0.15, -0.1) is 0 Å². The molecule has 0 heterocycles. The SMILES string of the molecule is c1ccc(-c2cccc3cccc(-c4ccccc4N(c4ccc(-c5cccc6ccccc56)cc4)c4ccccc4-c4cccc5cccc(C6CCCCC6)c45)c23)cc1. The number of hydrogen-bond donors (Lipinski definition) is 0. The summed E-state index contributed by atoms with van der Waals surface area (Å²) in [6, 6.07) is 80.8. The summed E-state index contributed by atoms with van der Waals surface area (Å²) in [5.74, 6) is 0.578. The number of nitrogens with zero attached hydrogens (tertiary/aromatic N) is 1. The van der Waals surface area contributed by atoms with E-state index in [-0.39, 0.29) is 0 Å². The van der Waals surface area contributed by atoms with Crippen molar-refractivity contribution in [1.29, 1.82) is 0 Å². The van der Waals surface area contributed by atoms with Crippen LogP contribution >= 0.6 is 0 Å². The number of para-hydroxylation sites is 2. The third-order valence-electron chi connectivity index (χ3n) is 13.1. The lowest BCUT2D eigenvalue weighted by atomic mass is 9.80. The monoisotopic (exact) mass is 781 g/mol. The van der Waals surface area contributed by atoms with E-state index in [2.05, 4.69) is 223 Å². The minimum atomic E-state index is 0.578. The van der Waals surface area contributed by atoms with E-state index < -0.39 is 0 Å². The highest BCUT2D eigenvalue weighted by atomic mass is 15.1. The zero-order chi connectivity index (χ0) is 40.5. The van der Waals surface area contributed by atoms with E-state index in [1.54, 1.807) is 0 Å². The van der Waals surface area contributed by atoms with Crippen molar-refractivity contribution in [3.8, 4) is 44.5 Å². The van der Waals surface area contributed by atoms with Crippen molar-refractivity contribution in [1.82, 2.24) is 0 Å². The Labute approximate surface area is 359 Å². The number of fused-ring (bicyclic) bond motifs is 3. The third kappa shape index (κ3) is 6.77. The quantitative estimate of drug-likeness (QED) is 0.148. The van der Waals surface area contributed by atoms with Crippen LogP contribution in [0.25, 0.3) is 76.8 Å². The topological polar surface area (TPSA) is 3.24 Å². The number of anilines is 3. The van der Waals surface area contributed by atoms with Gasteiger partial charge >= 0.3 is 0 Å². The summed E-state index contributed by atoms with van der Waals surface area (Å²) in [6.45, 7) is 0. The van der Waals surface area contributed by atoms with E-state index in [9.17, 15) is 0 Å². The van der Waals surface area contributed by atoms with E-state index in [0.29, 0.717) is 5.92 Å². The van der Waals surface area contributed by atoms with Crippen molar-refractivity contribution in [2.45, 2.75) is 38.0 Å². The molecule has 1 fully saturated rings. The summed E-state index contributed by atoms with van der Waals surface area (Å²) in [5, 5.41) is 7.71. The molecule has 1 aliphatic rings. The second-order valence-corrected chi connectivity index (χ2v) is 16.6. The summed E-state index contributed by atoms with van der Waals surface area (Å²) in [4.78, 5) is 2.52. The Morgan fingerprint density at radius 3 is 1.48 bits per heavy atom. The second-order valence-electron chi connectivity index (χ2n) is 16.6. The first kappa shape index (κ1) is 36.8. The highest BCUT2D eigenvalue weighted by Crippen LogP contribution is 2.49. The first-order chi connectivity index (χ1) is 30.3. The predicted octanol–water partition coefficient (Wildman–Crippen LogP) is 17.3. The Morgan fingerprint density at radius 1 is 0.311 bits per heavy atom. The van der Waals surface area contributed by atoms with Gasteiger partial charge in [-0.2, -0.15) is 0 Å². The largest absolute Gasteiger partial charge is 0.309 e. The molecule has 1 saturated carbocycles. The van der Waals surface area contributed by atoms with Crippen molar-refractivity contribution in [2.75, 3.05) is 4.90 Å². The third-order valence-corrected chi connectivity index (χ3v) is 13.1. The van der Waals surface area contributed by atoms with Crippen molar-refractivity contribution < 1.29 is 0 Å². The van der Waals surface area contributed by atoms with Crippen LogP contribution in [0.2, 0.25) is 0 Å². The van der Waals surface area contributed by atoms with Crippen LogP contribution in [0.1, 0.15) is 43.6 Å². The molecule has 0 unspecified atom stereocenters. The van der Waals surface area contributed by atoms with E-state index >= 15 is 0 Å². The molecular weight excluding hydrogens is 735 g/mol. The fraction of sp³-hybridized carbons (Fsp3) is 0.100. The lowest BCUT2D eigenvalue weighted by molar-refractivity contribution is 0.445. The molecule has 0 atom stereocenters. The van der Waals surface area contributed by atoms with Crippen LogP contribution in [-0.2, 0) is 0 Å². The van der Waals surface area contributed by atoms with Crippen molar-refractivity contribution in [2.24, 2.45) is 0 Å². The predicted molar refractivity (Wildman–Crippen MR) is 261 cm³/mol. The molecule has 1 nitrogen and oxygen atoms in total. The van der Waals surface area contributed by atoms with E-state index in [1.807, 2.05) is 0 Å². The van der Waals surface area contributed by atoms with Gasteiger partial charge in [0.25, 0.3) is 0 Å². The van der Waals surface area contributed by atoms with Gasteiger partial charge in [0.2, 0.25) is 0 Å². The highest BCUT2D eigenvalue weighted by molar-refractivity contribution is 6.10. The zero-order valence-corrected chi connectivity index (χ0v) is 34.3. The lowest BCUT2D eigenvalue weighted by Gasteiger charge is -2.31. The maximum absolute atomic E-state index is 2.52. The molecule has 292 valence electrons. The molecule has 0 bridgehead atoms. The molecule has 0 amide bonds. The van der Waals surface area contributed by atoms with Crippen LogP contribution < -0.4 is 4.90 Å². The van der Waals surface area contributed by atoms with Gasteiger partial charge in [0.15, 0.2) is 0 Å². The average molecular weight is 782 g/mol. The van der Waals surface area contributed by atoms with Gasteiger partial charge in [0.1, 0.15) is 0 Å². The van der Waals surface area contributed by atoms with Gasteiger partial charge in [0.05, 0.1) is 11.4 Å². The molecule has 0 aliphatic heterocycles. The molecule has 0 aromatic heterocycles. The van der Waals surface area contributed by atoms with Crippen LogP contribution in [0.5, 0.6) is 0 Å². The molecule has 0 radical (unpaired) electrons. The lowest BCUT2D eigenvalue weighted by Crippen LogP contribution is -2.13. The smallest absolute Gasteiger partial charge is 0.0540 e. The second kappa shape index (κ2) is 16.1. The summed E-state index contributed by atoms with van der Waals surface area (Å²) in [7, 11) is 0. The van der Waals surface area contributed by atoms with Crippen LogP contribution in [0.3, 0.4) is 0 Å². The molecule has 61 heavy (non-hydrogen) atoms. The maximum Gasteiger partial charge on any atom is 0.0540 e. The Bertz CT molecular complexity index is 3160. The summed E-state index contributed by atoms with van der Waals surface area (Å²) in [6.07, 6.45) is 6.47. The first-order valence-electron chi connectivity index (χ1n) is 22.0. The average Bonchev–Trinajstić information content (AvgIpc) is 3.34. The minimum Gasteiger partial charge on any atom is -0.309 e. The number of rotatable bonds is 8. The van der Waals surface area contributed by atoms with Crippen molar-refractivity contribution >= 4 is 49.4 Å². The number of hydrogen-bond acceptors (Lipinski definition) is 1.